The van der Waals surface area contributed by atoms with Gasteiger partial charge < -0.3 is 5.32 Å². The van der Waals surface area contributed by atoms with Crippen LogP contribution in [-0.4, -0.2) is 7.05 Å². The number of rotatable bonds is 4. The fourth-order valence-corrected chi connectivity index (χ4v) is 2.07. The van der Waals surface area contributed by atoms with Gasteiger partial charge in [-0.15, -0.1) is 0 Å². The maximum absolute atomic E-state index is 13.2. The molecule has 0 heterocycles. The summed E-state index contributed by atoms with van der Waals surface area (Å²) in [6, 6.07) is 5.37. The maximum Gasteiger partial charge on any atom is 0.123 e. The predicted molar refractivity (Wildman–Crippen MR) is 60.3 cm³/mol. The first-order chi connectivity index (χ1) is 7.20. The van der Waals surface area contributed by atoms with Crippen molar-refractivity contribution in [2.75, 3.05) is 7.05 Å². The predicted octanol–water partition coefficient (Wildman–Crippen LogP) is 3.19. The van der Waals surface area contributed by atoms with E-state index in [9.17, 15) is 4.39 Å². The summed E-state index contributed by atoms with van der Waals surface area (Å²) in [5.74, 6) is 0.719. The van der Waals surface area contributed by atoms with Gasteiger partial charge in [-0.05, 0) is 49.6 Å². The van der Waals surface area contributed by atoms with Crippen LogP contribution in [0.15, 0.2) is 18.2 Å². The zero-order valence-corrected chi connectivity index (χ0v) is 9.39. The van der Waals surface area contributed by atoms with E-state index in [4.69, 9.17) is 0 Å². The number of hydrogen-bond donors (Lipinski definition) is 1. The molecule has 2 rings (SSSR count). The average Bonchev–Trinajstić information content (AvgIpc) is 3.02. The van der Waals surface area contributed by atoms with E-state index < -0.39 is 0 Å². The van der Waals surface area contributed by atoms with Crippen LogP contribution in [0.4, 0.5) is 4.39 Å². The first kappa shape index (κ1) is 10.6. The highest BCUT2D eigenvalue weighted by Gasteiger charge is 2.26. The van der Waals surface area contributed by atoms with Crippen molar-refractivity contribution >= 4 is 0 Å². The monoisotopic (exact) mass is 207 g/mol. The highest BCUT2D eigenvalue weighted by atomic mass is 19.1. The van der Waals surface area contributed by atoms with E-state index in [0.29, 0.717) is 6.04 Å². The van der Waals surface area contributed by atoms with Gasteiger partial charge in [0.25, 0.3) is 0 Å². The lowest BCUT2D eigenvalue weighted by atomic mass is 9.97. The minimum absolute atomic E-state index is 0.133. The second-order valence-electron chi connectivity index (χ2n) is 4.52. The highest BCUT2D eigenvalue weighted by molar-refractivity contribution is 5.29. The van der Waals surface area contributed by atoms with E-state index in [2.05, 4.69) is 5.32 Å². The molecule has 0 radical (unpaired) electrons. The van der Waals surface area contributed by atoms with Crippen LogP contribution in [0.3, 0.4) is 0 Å². The molecule has 1 fully saturated rings. The molecule has 0 spiro atoms. The Kier molecular flexibility index (Phi) is 3.06. The van der Waals surface area contributed by atoms with Crippen molar-refractivity contribution in [2.24, 2.45) is 5.92 Å². The maximum atomic E-state index is 13.2. The Hall–Kier alpha value is -0.890. The molecular formula is C13H18FN. The molecule has 0 aromatic heterocycles. The molecule has 1 atom stereocenters. The molecule has 2 heteroatoms. The number of aryl methyl sites for hydroxylation is 1. The normalized spacial score (nSPS) is 17.8. The molecule has 0 saturated heterocycles. The van der Waals surface area contributed by atoms with Crippen LogP contribution in [-0.2, 0) is 0 Å². The summed E-state index contributed by atoms with van der Waals surface area (Å²) in [7, 11) is 1.96. The first-order valence-corrected chi connectivity index (χ1v) is 5.64. The smallest absolute Gasteiger partial charge is 0.123 e. The van der Waals surface area contributed by atoms with Crippen molar-refractivity contribution in [1.29, 1.82) is 0 Å². The van der Waals surface area contributed by atoms with Crippen molar-refractivity contribution in [2.45, 2.75) is 32.2 Å². The molecule has 0 bridgehead atoms. The lowest BCUT2D eigenvalue weighted by Crippen LogP contribution is -2.18. The van der Waals surface area contributed by atoms with Gasteiger partial charge in [-0.3, -0.25) is 0 Å². The third-order valence-electron chi connectivity index (χ3n) is 3.23. The van der Waals surface area contributed by atoms with Gasteiger partial charge in [0, 0.05) is 6.04 Å². The third kappa shape index (κ3) is 2.57. The summed E-state index contributed by atoms with van der Waals surface area (Å²) in [6.45, 7) is 2.05. The fraction of sp³-hybridized carbons (Fsp3) is 0.538. The van der Waals surface area contributed by atoms with E-state index in [1.54, 1.807) is 6.07 Å². The Morgan fingerprint density at radius 2 is 2.20 bits per heavy atom. The molecular weight excluding hydrogens is 189 g/mol. The molecule has 1 saturated carbocycles. The highest BCUT2D eigenvalue weighted by Crippen LogP contribution is 2.38. The number of benzene rings is 1. The van der Waals surface area contributed by atoms with Crippen molar-refractivity contribution in [3.8, 4) is 0 Å². The number of hydrogen-bond acceptors (Lipinski definition) is 1. The summed E-state index contributed by atoms with van der Waals surface area (Å²) in [4.78, 5) is 0. The van der Waals surface area contributed by atoms with Gasteiger partial charge in [0.05, 0.1) is 0 Å². The summed E-state index contributed by atoms with van der Waals surface area (Å²) < 4.78 is 13.2. The minimum Gasteiger partial charge on any atom is -0.313 e. The quantitative estimate of drug-likeness (QED) is 0.799. The van der Waals surface area contributed by atoms with Crippen LogP contribution in [0.25, 0.3) is 0 Å². The molecule has 0 aliphatic heterocycles. The van der Waals surface area contributed by atoms with E-state index in [-0.39, 0.29) is 5.82 Å². The van der Waals surface area contributed by atoms with Crippen LogP contribution < -0.4 is 5.32 Å². The van der Waals surface area contributed by atoms with Crippen molar-refractivity contribution in [3.05, 3.63) is 35.1 Å². The standard InChI is InChI=1S/C13H18FN/c1-9-3-6-11(14)8-12(9)13(15-2)7-10-4-5-10/h3,6,8,10,13,15H,4-5,7H2,1-2H3. The van der Waals surface area contributed by atoms with Crippen molar-refractivity contribution < 1.29 is 4.39 Å². The molecule has 15 heavy (non-hydrogen) atoms. The van der Waals surface area contributed by atoms with Crippen molar-refractivity contribution in [3.63, 3.8) is 0 Å². The largest absolute Gasteiger partial charge is 0.313 e. The first-order valence-electron chi connectivity index (χ1n) is 5.64. The summed E-state index contributed by atoms with van der Waals surface area (Å²) in [5.41, 5.74) is 2.29. The Balaban J connectivity index is 2.19. The second-order valence-corrected chi connectivity index (χ2v) is 4.52. The van der Waals surface area contributed by atoms with Gasteiger partial charge in [0.1, 0.15) is 5.82 Å². The third-order valence-corrected chi connectivity index (χ3v) is 3.23. The summed E-state index contributed by atoms with van der Waals surface area (Å²) in [6.07, 6.45) is 3.82. The van der Waals surface area contributed by atoms with Crippen LogP contribution in [0.2, 0.25) is 0 Å². The van der Waals surface area contributed by atoms with Crippen LogP contribution in [0.1, 0.15) is 36.4 Å². The van der Waals surface area contributed by atoms with Crippen LogP contribution >= 0.6 is 0 Å². The van der Waals surface area contributed by atoms with Gasteiger partial charge >= 0.3 is 0 Å². The molecule has 1 unspecified atom stereocenters. The molecule has 1 nitrogen and oxygen atoms in total. The summed E-state index contributed by atoms with van der Waals surface area (Å²) >= 11 is 0. The number of halogens is 1. The van der Waals surface area contributed by atoms with Crippen molar-refractivity contribution in [1.82, 2.24) is 5.32 Å². The molecule has 82 valence electrons. The van der Waals surface area contributed by atoms with E-state index in [1.165, 1.54) is 24.5 Å². The Morgan fingerprint density at radius 1 is 1.47 bits per heavy atom. The van der Waals surface area contributed by atoms with Gasteiger partial charge in [0.2, 0.25) is 0 Å². The Bertz CT molecular complexity index is 344. The lowest BCUT2D eigenvalue weighted by Gasteiger charge is -2.18. The molecule has 1 aliphatic carbocycles. The SMILES string of the molecule is CNC(CC1CC1)c1cc(F)ccc1C. The zero-order chi connectivity index (χ0) is 10.8. The Labute approximate surface area is 90.7 Å². The fourth-order valence-electron chi connectivity index (χ4n) is 2.07. The topological polar surface area (TPSA) is 12.0 Å². The molecule has 1 aliphatic rings. The molecule has 1 aromatic rings. The average molecular weight is 207 g/mol. The zero-order valence-electron chi connectivity index (χ0n) is 9.39. The summed E-state index contributed by atoms with van der Waals surface area (Å²) in [5, 5.41) is 3.29. The van der Waals surface area contributed by atoms with Crippen LogP contribution in [0, 0.1) is 18.7 Å². The van der Waals surface area contributed by atoms with Gasteiger partial charge in [0.15, 0.2) is 0 Å². The molecule has 1 N–H and O–H groups in total. The van der Waals surface area contributed by atoms with Crippen LogP contribution in [0.5, 0.6) is 0 Å². The second kappa shape index (κ2) is 4.31. The van der Waals surface area contributed by atoms with E-state index in [1.807, 2.05) is 20.0 Å². The minimum atomic E-state index is -0.133. The number of nitrogens with one attached hydrogen (secondary N) is 1. The van der Waals surface area contributed by atoms with Gasteiger partial charge in [-0.1, -0.05) is 18.9 Å². The van der Waals surface area contributed by atoms with Gasteiger partial charge in [-0.25, -0.2) is 4.39 Å². The molecule has 1 aromatic carbocycles. The van der Waals surface area contributed by atoms with E-state index >= 15 is 0 Å². The molecule has 0 amide bonds. The lowest BCUT2D eigenvalue weighted by molar-refractivity contribution is 0.508. The van der Waals surface area contributed by atoms with Gasteiger partial charge in [-0.2, -0.15) is 0 Å². The Morgan fingerprint density at radius 3 is 2.80 bits per heavy atom. The van der Waals surface area contributed by atoms with E-state index in [0.717, 1.165) is 17.9 Å².